The zero-order valence-corrected chi connectivity index (χ0v) is 18.1. The minimum absolute atomic E-state index is 0.0226. The summed E-state index contributed by atoms with van der Waals surface area (Å²) >= 11 is 6.30. The van der Waals surface area contributed by atoms with Crippen LogP contribution in [-0.2, 0) is 0 Å². The highest BCUT2D eigenvalue weighted by Gasteiger charge is 2.34. The maximum absolute atomic E-state index is 13.4. The fraction of sp³-hybridized carbons (Fsp3) is 0.375. The molecule has 3 aromatic carbocycles. The van der Waals surface area contributed by atoms with Crippen LogP contribution >= 0.6 is 11.6 Å². The zero-order chi connectivity index (χ0) is 20.8. The minimum atomic E-state index is 0.0226. The standard InChI is InChI=1S/C24H25ClN2O3/c1-29-20-14-18-21-19(27(24(18)28)11-10-26-8-4-3-5-9-26)13-15-12-16(25)6-7-17(15)22(21)23(20)30-2/h6-7,12-14H,3-5,8-11H2,1-2H3. The largest absolute Gasteiger partial charge is 0.493 e. The molecular weight excluding hydrogens is 400 g/mol. The average Bonchev–Trinajstić information content (AvgIpc) is 3.03. The number of benzene rings is 3. The van der Waals surface area contributed by atoms with E-state index in [2.05, 4.69) is 11.0 Å². The van der Waals surface area contributed by atoms with Crippen LogP contribution in [0.25, 0.3) is 21.5 Å². The number of piperidine rings is 1. The van der Waals surface area contributed by atoms with Crippen molar-refractivity contribution in [2.75, 3.05) is 45.3 Å². The Morgan fingerprint density at radius 2 is 1.77 bits per heavy atom. The van der Waals surface area contributed by atoms with Crippen molar-refractivity contribution < 1.29 is 14.3 Å². The van der Waals surface area contributed by atoms with Crippen molar-refractivity contribution in [3.05, 3.63) is 40.9 Å². The molecule has 0 atom stereocenters. The highest BCUT2D eigenvalue weighted by molar-refractivity contribution is 6.34. The Balaban J connectivity index is 1.69. The van der Waals surface area contributed by atoms with Gasteiger partial charge in [0, 0.05) is 28.9 Å². The van der Waals surface area contributed by atoms with E-state index in [-0.39, 0.29) is 5.91 Å². The Morgan fingerprint density at radius 1 is 0.967 bits per heavy atom. The molecule has 2 aliphatic heterocycles. The first kappa shape index (κ1) is 19.5. The molecule has 1 fully saturated rings. The van der Waals surface area contributed by atoms with Crippen molar-refractivity contribution in [3.63, 3.8) is 0 Å². The molecule has 2 aliphatic rings. The predicted octanol–water partition coefficient (Wildman–Crippen LogP) is 5.11. The summed E-state index contributed by atoms with van der Waals surface area (Å²) in [4.78, 5) is 17.8. The lowest BCUT2D eigenvalue weighted by atomic mass is 9.97. The number of halogens is 1. The molecule has 0 radical (unpaired) electrons. The lowest BCUT2D eigenvalue weighted by Crippen LogP contribution is -2.39. The summed E-state index contributed by atoms with van der Waals surface area (Å²) in [6, 6.07) is 9.70. The van der Waals surface area contributed by atoms with Gasteiger partial charge in [0.2, 0.25) is 0 Å². The molecular formula is C24H25ClN2O3. The van der Waals surface area contributed by atoms with Crippen molar-refractivity contribution in [1.29, 1.82) is 0 Å². The van der Waals surface area contributed by atoms with Gasteiger partial charge in [-0.2, -0.15) is 0 Å². The second-order valence-corrected chi connectivity index (χ2v) is 8.47. The average molecular weight is 425 g/mol. The van der Waals surface area contributed by atoms with Crippen LogP contribution in [-0.4, -0.2) is 51.2 Å². The van der Waals surface area contributed by atoms with Crippen LogP contribution in [0.5, 0.6) is 11.5 Å². The number of methoxy groups -OCH3 is 2. The number of hydrogen-bond acceptors (Lipinski definition) is 4. The number of hydrogen-bond donors (Lipinski definition) is 0. The third-order valence-electron chi connectivity index (χ3n) is 6.36. The Morgan fingerprint density at radius 3 is 2.50 bits per heavy atom. The number of ether oxygens (including phenoxy) is 2. The van der Waals surface area contributed by atoms with Crippen molar-refractivity contribution in [2.45, 2.75) is 19.3 Å². The normalized spacial score (nSPS) is 16.6. The molecule has 156 valence electrons. The van der Waals surface area contributed by atoms with E-state index in [0.29, 0.717) is 28.6 Å². The minimum Gasteiger partial charge on any atom is -0.493 e. The molecule has 0 N–H and O–H groups in total. The summed E-state index contributed by atoms with van der Waals surface area (Å²) < 4.78 is 11.3. The van der Waals surface area contributed by atoms with Gasteiger partial charge in [-0.3, -0.25) is 4.79 Å². The van der Waals surface area contributed by atoms with E-state index >= 15 is 0 Å². The van der Waals surface area contributed by atoms with Crippen molar-refractivity contribution in [3.8, 4) is 11.5 Å². The van der Waals surface area contributed by atoms with Gasteiger partial charge in [0.05, 0.1) is 25.5 Å². The summed E-state index contributed by atoms with van der Waals surface area (Å²) in [5.41, 5.74) is 1.60. The highest BCUT2D eigenvalue weighted by Crippen LogP contribution is 2.49. The summed E-state index contributed by atoms with van der Waals surface area (Å²) in [5.74, 6) is 1.24. The van der Waals surface area contributed by atoms with Crippen LogP contribution < -0.4 is 14.4 Å². The smallest absolute Gasteiger partial charge is 0.259 e. The van der Waals surface area contributed by atoms with Gasteiger partial charge in [-0.25, -0.2) is 0 Å². The van der Waals surface area contributed by atoms with Crippen molar-refractivity contribution >= 4 is 44.7 Å². The fourth-order valence-electron chi connectivity index (χ4n) is 4.90. The third kappa shape index (κ3) is 2.99. The summed E-state index contributed by atoms with van der Waals surface area (Å²) in [6.07, 6.45) is 3.78. The number of amides is 1. The fourth-order valence-corrected chi connectivity index (χ4v) is 5.08. The first-order valence-electron chi connectivity index (χ1n) is 10.5. The van der Waals surface area contributed by atoms with Gasteiger partial charge in [-0.05, 0) is 61.0 Å². The second-order valence-electron chi connectivity index (χ2n) is 8.03. The highest BCUT2D eigenvalue weighted by atomic mass is 35.5. The van der Waals surface area contributed by atoms with Crippen LogP contribution in [0, 0.1) is 0 Å². The van der Waals surface area contributed by atoms with E-state index in [1.165, 1.54) is 19.3 Å². The van der Waals surface area contributed by atoms with E-state index in [0.717, 1.165) is 46.9 Å². The van der Waals surface area contributed by atoms with E-state index in [4.69, 9.17) is 21.1 Å². The molecule has 0 aromatic heterocycles. The molecule has 2 heterocycles. The van der Waals surface area contributed by atoms with Crippen LogP contribution in [0.15, 0.2) is 30.3 Å². The maximum atomic E-state index is 13.4. The first-order chi connectivity index (χ1) is 14.6. The molecule has 0 aliphatic carbocycles. The van der Waals surface area contributed by atoms with Crippen LogP contribution in [0.1, 0.15) is 29.6 Å². The molecule has 6 heteroatoms. The van der Waals surface area contributed by atoms with Gasteiger partial charge in [0.25, 0.3) is 5.91 Å². The van der Waals surface area contributed by atoms with Crippen molar-refractivity contribution in [1.82, 2.24) is 4.90 Å². The molecule has 0 unspecified atom stereocenters. The van der Waals surface area contributed by atoms with E-state index in [1.807, 2.05) is 29.2 Å². The lowest BCUT2D eigenvalue weighted by molar-refractivity contribution is 0.0988. The Labute approximate surface area is 181 Å². The Kier molecular flexibility index (Phi) is 4.95. The van der Waals surface area contributed by atoms with Crippen LogP contribution in [0.4, 0.5) is 5.69 Å². The molecule has 5 rings (SSSR count). The number of anilines is 1. The monoisotopic (exact) mass is 424 g/mol. The number of likely N-dealkylation sites (tertiary alicyclic amines) is 1. The van der Waals surface area contributed by atoms with E-state index in [9.17, 15) is 4.79 Å². The number of nitrogens with zero attached hydrogens (tertiary/aromatic N) is 2. The molecule has 5 nitrogen and oxygen atoms in total. The molecule has 3 aromatic rings. The van der Waals surface area contributed by atoms with Gasteiger partial charge in [0.15, 0.2) is 11.5 Å². The van der Waals surface area contributed by atoms with Gasteiger partial charge >= 0.3 is 0 Å². The zero-order valence-electron chi connectivity index (χ0n) is 17.3. The number of carbonyl (C=O) groups is 1. The second kappa shape index (κ2) is 7.64. The number of carbonyl (C=O) groups excluding carboxylic acids is 1. The van der Waals surface area contributed by atoms with E-state index in [1.54, 1.807) is 14.2 Å². The number of rotatable bonds is 5. The van der Waals surface area contributed by atoms with Crippen molar-refractivity contribution in [2.24, 2.45) is 0 Å². The van der Waals surface area contributed by atoms with Gasteiger partial charge in [-0.15, -0.1) is 0 Å². The topological polar surface area (TPSA) is 42.0 Å². The van der Waals surface area contributed by atoms with Gasteiger partial charge in [0.1, 0.15) is 0 Å². The lowest BCUT2D eigenvalue weighted by Gasteiger charge is -2.28. The summed E-state index contributed by atoms with van der Waals surface area (Å²) in [7, 11) is 3.24. The molecule has 0 spiro atoms. The van der Waals surface area contributed by atoms with Gasteiger partial charge in [-0.1, -0.05) is 24.1 Å². The molecule has 30 heavy (non-hydrogen) atoms. The van der Waals surface area contributed by atoms with E-state index < -0.39 is 0 Å². The maximum Gasteiger partial charge on any atom is 0.259 e. The summed E-state index contributed by atoms with van der Waals surface area (Å²) in [5, 5.41) is 4.50. The number of fused-ring (bicyclic) bond motifs is 2. The predicted molar refractivity (Wildman–Crippen MR) is 122 cm³/mol. The third-order valence-corrected chi connectivity index (χ3v) is 6.59. The van der Waals surface area contributed by atoms with Crippen LogP contribution in [0.3, 0.4) is 0 Å². The molecule has 0 saturated carbocycles. The molecule has 1 saturated heterocycles. The quantitative estimate of drug-likeness (QED) is 0.534. The Hall–Kier alpha value is -2.50. The molecule has 0 bridgehead atoms. The summed E-state index contributed by atoms with van der Waals surface area (Å²) in [6.45, 7) is 3.76. The first-order valence-corrected chi connectivity index (χ1v) is 10.9. The van der Waals surface area contributed by atoms with Crippen LogP contribution in [0.2, 0.25) is 5.02 Å². The molecule has 1 amide bonds. The van der Waals surface area contributed by atoms with Gasteiger partial charge < -0.3 is 19.3 Å². The Bertz CT molecular complexity index is 1150. The SMILES string of the molecule is COc1cc2c3c(cc4cc(Cl)ccc4c3c1OC)N(CCN1CCCCC1)C2=O.